The molecule has 0 aliphatic rings. The quantitative estimate of drug-likeness (QED) is 0.721. The van der Waals surface area contributed by atoms with Gasteiger partial charge >= 0.3 is 0 Å². The number of aryl methyl sites for hydroxylation is 3. The van der Waals surface area contributed by atoms with Crippen molar-refractivity contribution in [2.24, 2.45) is 0 Å². The monoisotopic (exact) mass is 352 g/mol. The summed E-state index contributed by atoms with van der Waals surface area (Å²) >= 11 is 1.41. The van der Waals surface area contributed by atoms with E-state index >= 15 is 0 Å². The lowest BCUT2D eigenvalue weighted by molar-refractivity contribution is -0.118. The highest BCUT2D eigenvalue weighted by atomic mass is 32.1. The van der Waals surface area contributed by atoms with Gasteiger partial charge in [0, 0.05) is 10.9 Å². The number of aromatic nitrogens is 1. The van der Waals surface area contributed by atoms with Crippen molar-refractivity contribution >= 4 is 22.4 Å². The molecule has 1 N–H and O–H groups in total. The first-order valence-electron chi connectivity index (χ1n) is 8.04. The summed E-state index contributed by atoms with van der Waals surface area (Å²) in [4.78, 5) is 16.6. The molecular weight excluding hydrogens is 332 g/mol. The number of ether oxygens (including phenoxy) is 1. The number of hydrogen-bond acceptors (Lipinski definition) is 4. The third-order valence-electron chi connectivity index (χ3n) is 3.87. The van der Waals surface area contributed by atoms with Crippen molar-refractivity contribution < 1.29 is 9.53 Å². The third kappa shape index (κ3) is 4.25. The number of hydrogen-bond donors (Lipinski definition) is 1. The van der Waals surface area contributed by atoms with Gasteiger partial charge in [-0.05, 0) is 44.0 Å². The average Bonchev–Trinajstić information content (AvgIpc) is 3.04. The summed E-state index contributed by atoms with van der Waals surface area (Å²) in [6, 6.07) is 13.9. The normalized spacial score (nSPS) is 10.5. The molecule has 0 radical (unpaired) electrons. The standard InChI is InChI=1S/C20H20N2O2S/c1-13-8-9-14(2)16(10-13)17-12-25-20(21-17)22-19(23)11-24-18-7-5-4-6-15(18)3/h4-10,12H,11H2,1-3H3,(H,21,22,23). The summed E-state index contributed by atoms with van der Waals surface area (Å²) in [5.74, 6) is 0.498. The highest BCUT2D eigenvalue weighted by Gasteiger charge is 2.11. The Morgan fingerprint density at radius 3 is 2.72 bits per heavy atom. The number of amides is 1. The molecule has 1 aromatic heterocycles. The van der Waals surface area contributed by atoms with Crippen LogP contribution < -0.4 is 10.1 Å². The van der Waals surface area contributed by atoms with Gasteiger partial charge in [-0.3, -0.25) is 10.1 Å². The zero-order valence-corrected chi connectivity index (χ0v) is 15.3. The van der Waals surface area contributed by atoms with Gasteiger partial charge in [0.05, 0.1) is 5.69 Å². The number of nitrogens with zero attached hydrogens (tertiary/aromatic N) is 1. The minimum atomic E-state index is -0.217. The number of nitrogens with one attached hydrogen (secondary N) is 1. The Balaban J connectivity index is 1.64. The largest absolute Gasteiger partial charge is 0.483 e. The maximum atomic E-state index is 12.1. The molecule has 1 amide bonds. The zero-order valence-electron chi connectivity index (χ0n) is 14.5. The van der Waals surface area contributed by atoms with Crippen LogP contribution in [0.3, 0.4) is 0 Å². The summed E-state index contributed by atoms with van der Waals surface area (Å²) in [7, 11) is 0. The Hall–Kier alpha value is -2.66. The molecule has 1 heterocycles. The topological polar surface area (TPSA) is 51.2 Å². The highest BCUT2D eigenvalue weighted by Crippen LogP contribution is 2.28. The van der Waals surface area contributed by atoms with Crippen LogP contribution in [0.5, 0.6) is 5.75 Å². The first kappa shape index (κ1) is 17.2. The van der Waals surface area contributed by atoms with Crippen LogP contribution in [-0.2, 0) is 4.79 Å². The lowest BCUT2D eigenvalue weighted by Crippen LogP contribution is -2.20. The van der Waals surface area contributed by atoms with Gasteiger partial charge in [0.2, 0.25) is 0 Å². The predicted molar refractivity (Wildman–Crippen MR) is 102 cm³/mol. The fourth-order valence-corrected chi connectivity index (χ4v) is 3.21. The van der Waals surface area contributed by atoms with Crippen molar-refractivity contribution in [1.29, 1.82) is 0 Å². The van der Waals surface area contributed by atoms with E-state index in [1.807, 2.05) is 36.6 Å². The van der Waals surface area contributed by atoms with Gasteiger partial charge in [-0.15, -0.1) is 11.3 Å². The molecule has 128 valence electrons. The second-order valence-electron chi connectivity index (χ2n) is 5.96. The van der Waals surface area contributed by atoms with Crippen LogP contribution in [0, 0.1) is 20.8 Å². The smallest absolute Gasteiger partial charge is 0.264 e. The van der Waals surface area contributed by atoms with Crippen LogP contribution in [0.4, 0.5) is 5.13 Å². The van der Waals surface area contributed by atoms with Crippen molar-refractivity contribution in [3.05, 3.63) is 64.5 Å². The molecule has 0 spiro atoms. The van der Waals surface area contributed by atoms with E-state index in [1.54, 1.807) is 0 Å². The van der Waals surface area contributed by atoms with Gasteiger partial charge in [-0.1, -0.05) is 35.9 Å². The Morgan fingerprint density at radius 2 is 1.92 bits per heavy atom. The molecule has 0 aliphatic heterocycles. The predicted octanol–water partition coefficient (Wildman–Crippen LogP) is 4.75. The van der Waals surface area contributed by atoms with Crippen molar-refractivity contribution in [3.63, 3.8) is 0 Å². The lowest BCUT2D eigenvalue weighted by Gasteiger charge is -2.08. The van der Waals surface area contributed by atoms with Gasteiger partial charge in [0.1, 0.15) is 5.75 Å². The summed E-state index contributed by atoms with van der Waals surface area (Å²) in [5.41, 5.74) is 5.32. The van der Waals surface area contributed by atoms with Gasteiger partial charge in [-0.2, -0.15) is 0 Å². The zero-order chi connectivity index (χ0) is 17.8. The number of benzene rings is 2. The number of carbonyl (C=O) groups is 1. The summed E-state index contributed by atoms with van der Waals surface area (Å²) in [6.45, 7) is 6.02. The minimum absolute atomic E-state index is 0.0385. The van der Waals surface area contributed by atoms with E-state index in [9.17, 15) is 4.79 Å². The van der Waals surface area contributed by atoms with E-state index in [4.69, 9.17) is 4.74 Å². The van der Waals surface area contributed by atoms with Crippen LogP contribution in [0.25, 0.3) is 11.3 Å². The molecule has 0 atom stereocenters. The molecule has 3 aromatic rings. The van der Waals surface area contributed by atoms with E-state index in [2.05, 4.69) is 42.3 Å². The number of anilines is 1. The summed E-state index contributed by atoms with van der Waals surface area (Å²) in [6.07, 6.45) is 0. The summed E-state index contributed by atoms with van der Waals surface area (Å²) in [5, 5.41) is 5.34. The number of rotatable bonds is 5. The van der Waals surface area contributed by atoms with E-state index < -0.39 is 0 Å². The molecule has 0 saturated carbocycles. The first-order valence-corrected chi connectivity index (χ1v) is 8.92. The van der Waals surface area contributed by atoms with Gasteiger partial charge in [0.25, 0.3) is 5.91 Å². The van der Waals surface area contributed by atoms with Crippen LogP contribution in [-0.4, -0.2) is 17.5 Å². The number of carbonyl (C=O) groups excluding carboxylic acids is 1. The third-order valence-corrected chi connectivity index (χ3v) is 4.63. The molecule has 0 saturated heterocycles. The molecule has 25 heavy (non-hydrogen) atoms. The highest BCUT2D eigenvalue weighted by molar-refractivity contribution is 7.14. The SMILES string of the molecule is Cc1ccc(C)c(-c2csc(NC(=O)COc3ccccc3C)n2)c1. The molecular formula is C20H20N2O2S. The van der Waals surface area contributed by atoms with E-state index in [-0.39, 0.29) is 12.5 Å². The van der Waals surface area contributed by atoms with Crippen LogP contribution in [0.2, 0.25) is 0 Å². The first-order chi connectivity index (χ1) is 12.0. The molecule has 5 heteroatoms. The Kier molecular flexibility index (Phi) is 5.14. The fourth-order valence-electron chi connectivity index (χ4n) is 2.48. The Labute approximate surface area is 151 Å². The van der Waals surface area contributed by atoms with Crippen LogP contribution >= 0.6 is 11.3 Å². The van der Waals surface area contributed by atoms with Crippen molar-refractivity contribution in [3.8, 4) is 17.0 Å². The van der Waals surface area contributed by atoms with Gasteiger partial charge in [0.15, 0.2) is 11.7 Å². The van der Waals surface area contributed by atoms with Crippen molar-refractivity contribution in [2.45, 2.75) is 20.8 Å². The van der Waals surface area contributed by atoms with Crippen LogP contribution in [0.1, 0.15) is 16.7 Å². The molecule has 0 aliphatic carbocycles. The Morgan fingerprint density at radius 1 is 1.12 bits per heavy atom. The summed E-state index contributed by atoms with van der Waals surface area (Å²) < 4.78 is 5.56. The maximum Gasteiger partial charge on any atom is 0.264 e. The molecule has 0 bridgehead atoms. The van der Waals surface area contributed by atoms with Gasteiger partial charge < -0.3 is 4.74 Å². The fraction of sp³-hybridized carbons (Fsp3) is 0.200. The van der Waals surface area contributed by atoms with Crippen LogP contribution in [0.15, 0.2) is 47.8 Å². The average molecular weight is 352 g/mol. The van der Waals surface area contributed by atoms with E-state index in [0.717, 1.165) is 22.4 Å². The molecule has 0 fully saturated rings. The molecule has 2 aromatic carbocycles. The lowest BCUT2D eigenvalue weighted by atomic mass is 10.0. The number of para-hydroxylation sites is 1. The van der Waals surface area contributed by atoms with Gasteiger partial charge in [-0.25, -0.2) is 4.98 Å². The second kappa shape index (κ2) is 7.49. The number of thiazole rings is 1. The van der Waals surface area contributed by atoms with E-state index in [1.165, 1.54) is 16.9 Å². The molecule has 3 rings (SSSR count). The minimum Gasteiger partial charge on any atom is -0.483 e. The molecule has 0 unspecified atom stereocenters. The van der Waals surface area contributed by atoms with E-state index in [0.29, 0.717) is 10.9 Å². The maximum absolute atomic E-state index is 12.1. The second-order valence-corrected chi connectivity index (χ2v) is 6.82. The van der Waals surface area contributed by atoms with Crippen molar-refractivity contribution in [2.75, 3.05) is 11.9 Å². The Bertz CT molecular complexity index is 902. The van der Waals surface area contributed by atoms with Crippen molar-refractivity contribution in [1.82, 2.24) is 4.98 Å². The molecule has 4 nitrogen and oxygen atoms in total.